The van der Waals surface area contributed by atoms with Gasteiger partial charge in [0.25, 0.3) is 10.0 Å². The van der Waals surface area contributed by atoms with E-state index in [9.17, 15) is 8.42 Å². The highest BCUT2D eigenvalue weighted by Gasteiger charge is 2.19. The first kappa shape index (κ1) is 14.9. The van der Waals surface area contributed by atoms with Crippen molar-refractivity contribution in [1.82, 2.24) is 0 Å². The van der Waals surface area contributed by atoms with Gasteiger partial charge < -0.3 is 5.32 Å². The van der Waals surface area contributed by atoms with Crippen LogP contribution in [-0.2, 0) is 16.4 Å². The number of hydrogen-bond acceptors (Lipinski definition) is 3. The molecule has 0 aromatic heterocycles. The molecular formula is C14H12ClIN2O2S. The highest BCUT2D eigenvalue weighted by atomic mass is 127. The smallest absolute Gasteiger partial charge is 0.262 e. The highest BCUT2D eigenvalue weighted by molar-refractivity contribution is 14.1. The summed E-state index contributed by atoms with van der Waals surface area (Å²) in [6.45, 7) is 0.849. The third kappa shape index (κ3) is 3.12. The zero-order valence-corrected chi connectivity index (χ0v) is 14.6. The maximum Gasteiger partial charge on any atom is 0.262 e. The number of halogens is 2. The summed E-state index contributed by atoms with van der Waals surface area (Å²) in [5.74, 6) is 0. The third-order valence-electron chi connectivity index (χ3n) is 3.28. The summed E-state index contributed by atoms with van der Waals surface area (Å²) >= 11 is 7.93. The lowest BCUT2D eigenvalue weighted by atomic mass is 10.2. The number of anilines is 2. The minimum absolute atomic E-state index is 0.251. The van der Waals surface area contributed by atoms with Crippen LogP contribution in [0.5, 0.6) is 0 Å². The van der Waals surface area contributed by atoms with Crippen LogP contribution < -0.4 is 10.0 Å². The van der Waals surface area contributed by atoms with Gasteiger partial charge in [-0.25, -0.2) is 8.42 Å². The fraction of sp³-hybridized carbons (Fsp3) is 0.143. The Morgan fingerprint density at radius 3 is 2.76 bits per heavy atom. The minimum Gasteiger partial charge on any atom is -0.384 e. The molecule has 0 fully saturated rings. The maximum absolute atomic E-state index is 12.5. The summed E-state index contributed by atoms with van der Waals surface area (Å²) in [5, 5.41) is 3.76. The molecule has 0 amide bonds. The number of rotatable bonds is 3. The molecule has 2 aromatic rings. The van der Waals surface area contributed by atoms with E-state index in [1.54, 1.807) is 30.3 Å². The van der Waals surface area contributed by atoms with Crippen molar-refractivity contribution in [2.75, 3.05) is 16.6 Å². The van der Waals surface area contributed by atoms with Gasteiger partial charge in [-0.2, -0.15) is 0 Å². The lowest BCUT2D eigenvalue weighted by Gasteiger charge is -2.11. The van der Waals surface area contributed by atoms with Crippen LogP contribution in [-0.4, -0.2) is 15.0 Å². The molecule has 3 rings (SSSR count). The van der Waals surface area contributed by atoms with Gasteiger partial charge in [-0.3, -0.25) is 4.72 Å². The van der Waals surface area contributed by atoms with E-state index in [2.05, 4.69) is 32.6 Å². The molecule has 110 valence electrons. The average Bonchev–Trinajstić information content (AvgIpc) is 2.89. The fourth-order valence-electron chi connectivity index (χ4n) is 2.21. The molecule has 1 aliphatic heterocycles. The zero-order chi connectivity index (χ0) is 15.0. The first-order chi connectivity index (χ1) is 9.95. The van der Waals surface area contributed by atoms with E-state index in [0.717, 1.165) is 27.8 Å². The van der Waals surface area contributed by atoms with E-state index in [4.69, 9.17) is 11.6 Å². The Balaban J connectivity index is 1.93. The fourth-order valence-corrected chi connectivity index (χ4v) is 4.51. The second-order valence-corrected chi connectivity index (χ2v) is 8.01. The molecule has 7 heteroatoms. The first-order valence-electron chi connectivity index (χ1n) is 6.30. The predicted molar refractivity (Wildman–Crippen MR) is 93.6 cm³/mol. The molecule has 21 heavy (non-hydrogen) atoms. The van der Waals surface area contributed by atoms with E-state index in [0.29, 0.717) is 10.7 Å². The molecule has 0 saturated carbocycles. The van der Waals surface area contributed by atoms with Gasteiger partial charge in [-0.1, -0.05) is 17.7 Å². The van der Waals surface area contributed by atoms with Crippen molar-refractivity contribution >= 4 is 55.6 Å². The Bertz CT molecular complexity index is 809. The van der Waals surface area contributed by atoms with Gasteiger partial charge in [0.2, 0.25) is 0 Å². The SMILES string of the molecule is O=S(=O)(Nc1ccc(Cl)cc1I)c1ccc2c(c1)NCC2. The number of fused-ring (bicyclic) bond motifs is 1. The number of sulfonamides is 1. The van der Waals surface area contributed by atoms with Crippen molar-refractivity contribution < 1.29 is 8.42 Å². The van der Waals surface area contributed by atoms with Gasteiger partial charge in [0.1, 0.15) is 0 Å². The van der Waals surface area contributed by atoms with E-state index < -0.39 is 10.0 Å². The number of benzene rings is 2. The van der Waals surface area contributed by atoms with Crippen molar-refractivity contribution in [1.29, 1.82) is 0 Å². The van der Waals surface area contributed by atoms with Crippen molar-refractivity contribution in [3.8, 4) is 0 Å². The molecule has 4 nitrogen and oxygen atoms in total. The maximum atomic E-state index is 12.5. The van der Waals surface area contributed by atoms with Crippen molar-refractivity contribution in [2.24, 2.45) is 0 Å². The largest absolute Gasteiger partial charge is 0.384 e. The summed E-state index contributed by atoms with van der Waals surface area (Å²) < 4.78 is 28.3. The highest BCUT2D eigenvalue weighted by Crippen LogP contribution is 2.28. The van der Waals surface area contributed by atoms with Gasteiger partial charge in [-0.05, 0) is 64.9 Å². The van der Waals surface area contributed by atoms with Gasteiger partial charge >= 0.3 is 0 Å². The lowest BCUT2D eigenvalue weighted by molar-refractivity contribution is 0.601. The molecule has 0 aliphatic carbocycles. The van der Waals surface area contributed by atoms with Crippen LogP contribution in [0.15, 0.2) is 41.3 Å². The zero-order valence-electron chi connectivity index (χ0n) is 10.9. The molecule has 0 unspecified atom stereocenters. The Morgan fingerprint density at radius 1 is 1.19 bits per heavy atom. The molecule has 0 spiro atoms. The van der Waals surface area contributed by atoms with Crippen LogP contribution in [0.1, 0.15) is 5.56 Å². The Labute approximate surface area is 142 Å². The molecule has 2 N–H and O–H groups in total. The van der Waals surface area contributed by atoms with Crippen molar-refractivity contribution in [3.05, 3.63) is 50.6 Å². The van der Waals surface area contributed by atoms with Crippen LogP contribution in [0.3, 0.4) is 0 Å². The molecule has 0 saturated heterocycles. The van der Waals surface area contributed by atoms with Gasteiger partial charge in [-0.15, -0.1) is 0 Å². The van der Waals surface area contributed by atoms with E-state index in [1.165, 1.54) is 0 Å². The predicted octanol–water partition coefficient (Wildman–Crippen LogP) is 3.71. The second-order valence-electron chi connectivity index (χ2n) is 4.73. The summed E-state index contributed by atoms with van der Waals surface area (Å²) in [6.07, 6.45) is 0.929. The monoisotopic (exact) mass is 434 g/mol. The van der Waals surface area contributed by atoms with Crippen LogP contribution in [0, 0.1) is 3.57 Å². The molecular weight excluding hydrogens is 423 g/mol. The summed E-state index contributed by atoms with van der Waals surface area (Å²) in [4.78, 5) is 0.251. The normalized spacial score (nSPS) is 13.6. The molecule has 1 aliphatic rings. The van der Waals surface area contributed by atoms with Gasteiger partial charge in [0, 0.05) is 20.8 Å². The van der Waals surface area contributed by atoms with Crippen molar-refractivity contribution in [3.63, 3.8) is 0 Å². The van der Waals surface area contributed by atoms with E-state index >= 15 is 0 Å². The van der Waals surface area contributed by atoms with Crippen molar-refractivity contribution in [2.45, 2.75) is 11.3 Å². The van der Waals surface area contributed by atoms with Crippen LogP contribution in [0.25, 0.3) is 0 Å². The first-order valence-corrected chi connectivity index (χ1v) is 9.24. The number of hydrogen-bond donors (Lipinski definition) is 2. The molecule has 0 bridgehead atoms. The molecule has 0 radical (unpaired) electrons. The van der Waals surface area contributed by atoms with E-state index in [1.807, 2.05) is 6.07 Å². The van der Waals surface area contributed by atoms with Gasteiger partial charge in [0.15, 0.2) is 0 Å². The molecule has 1 heterocycles. The topological polar surface area (TPSA) is 58.2 Å². The lowest BCUT2D eigenvalue weighted by Crippen LogP contribution is -2.14. The standard InChI is InChI=1S/C14H12ClIN2O2S/c15-10-2-4-13(12(16)7-10)18-21(19,20)11-3-1-9-5-6-17-14(9)8-11/h1-4,7-8,17-18H,5-6H2. The van der Waals surface area contributed by atoms with Crippen LogP contribution in [0.2, 0.25) is 5.02 Å². The molecule has 0 atom stereocenters. The quantitative estimate of drug-likeness (QED) is 0.724. The Hall–Kier alpha value is -0.990. The van der Waals surface area contributed by atoms with Crippen LogP contribution in [0.4, 0.5) is 11.4 Å². The number of nitrogens with one attached hydrogen (secondary N) is 2. The van der Waals surface area contributed by atoms with Gasteiger partial charge in [0.05, 0.1) is 10.6 Å². The Kier molecular flexibility index (Phi) is 4.02. The second kappa shape index (κ2) is 5.66. The Morgan fingerprint density at radius 2 is 2.00 bits per heavy atom. The third-order valence-corrected chi connectivity index (χ3v) is 5.77. The summed E-state index contributed by atoms with van der Waals surface area (Å²) in [6, 6.07) is 10.2. The molecule has 2 aromatic carbocycles. The summed E-state index contributed by atoms with van der Waals surface area (Å²) in [5.41, 5.74) is 2.56. The minimum atomic E-state index is -3.61. The van der Waals surface area contributed by atoms with E-state index in [-0.39, 0.29) is 4.90 Å². The average molecular weight is 435 g/mol. The summed E-state index contributed by atoms with van der Waals surface area (Å²) in [7, 11) is -3.61. The van der Waals surface area contributed by atoms with Crippen LogP contribution >= 0.6 is 34.2 Å².